The molecule has 2 heteroatoms. The van der Waals surface area contributed by atoms with E-state index in [4.69, 9.17) is 16.9 Å². The average molecular weight is 175 g/mol. The van der Waals surface area contributed by atoms with E-state index in [0.717, 1.165) is 11.3 Å². The lowest BCUT2D eigenvalue weighted by Gasteiger charge is -2.04. The van der Waals surface area contributed by atoms with E-state index >= 15 is 0 Å². The van der Waals surface area contributed by atoms with Crippen LogP contribution in [0.2, 0.25) is 0 Å². The van der Waals surface area contributed by atoms with Gasteiger partial charge in [0.15, 0.2) is 0 Å². The Kier molecular flexibility index (Phi) is 3.87. The van der Waals surface area contributed by atoms with Crippen LogP contribution >= 0.6 is 0 Å². The van der Waals surface area contributed by atoms with Gasteiger partial charge in [-0.25, -0.2) is 0 Å². The summed E-state index contributed by atoms with van der Waals surface area (Å²) >= 11 is 0. The molecule has 0 heterocycles. The van der Waals surface area contributed by atoms with Crippen molar-refractivity contribution in [3.05, 3.63) is 29.8 Å². The molecule has 1 rings (SSSR count). The number of rotatable bonds is 4. The molecule has 0 spiro atoms. The van der Waals surface area contributed by atoms with Crippen LogP contribution in [0.15, 0.2) is 24.3 Å². The Hall–Kier alpha value is -1.46. The van der Waals surface area contributed by atoms with Crippen LogP contribution in [0, 0.1) is 12.3 Å². The van der Waals surface area contributed by atoms with Gasteiger partial charge in [-0.1, -0.05) is 12.1 Å². The van der Waals surface area contributed by atoms with Gasteiger partial charge in [-0.2, -0.15) is 0 Å². The second kappa shape index (κ2) is 5.23. The summed E-state index contributed by atoms with van der Waals surface area (Å²) in [7, 11) is 0. The van der Waals surface area contributed by atoms with E-state index in [1.807, 2.05) is 24.3 Å². The molecule has 0 saturated heterocycles. The van der Waals surface area contributed by atoms with Crippen molar-refractivity contribution in [1.82, 2.24) is 0 Å². The fourth-order valence-corrected chi connectivity index (χ4v) is 0.990. The van der Waals surface area contributed by atoms with Gasteiger partial charge in [0.25, 0.3) is 0 Å². The van der Waals surface area contributed by atoms with Gasteiger partial charge in [0.1, 0.15) is 5.75 Å². The maximum atomic E-state index is 5.49. The molecule has 2 N–H and O–H groups in total. The molecule has 0 aliphatic heterocycles. The first-order chi connectivity index (χ1) is 6.36. The summed E-state index contributed by atoms with van der Waals surface area (Å²) in [5.41, 5.74) is 6.55. The standard InChI is InChI=1S/C11H13NO/c1-2-3-7-13-11-6-4-5-10(8-11)9-12/h1,4-6,8H,3,7,9,12H2. The summed E-state index contributed by atoms with van der Waals surface area (Å²) in [4.78, 5) is 0. The van der Waals surface area contributed by atoms with E-state index in [1.165, 1.54) is 0 Å². The molecule has 2 nitrogen and oxygen atoms in total. The zero-order valence-electron chi connectivity index (χ0n) is 7.49. The van der Waals surface area contributed by atoms with Gasteiger partial charge >= 0.3 is 0 Å². The first-order valence-corrected chi connectivity index (χ1v) is 4.22. The molecule has 0 saturated carbocycles. The highest BCUT2D eigenvalue weighted by Gasteiger charge is 1.93. The summed E-state index contributed by atoms with van der Waals surface area (Å²) in [6.45, 7) is 1.09. The highest BCUT2D eigenvalue weighted by molar-refractivity contribution is 5.28. The number of nitrogens with two attached hydrogens (primary N) is 1. The smallest absolute Gasteiger partial charge is 0.119 e. The molecular weight excluding hydrogens is 162 g/mol. The van der Waals surface area contributed by atoms with E-state index in [2.05, 4.69) is 5.92 Å². The molecule has 0 fully saturated rings. The van der Waals surface area contributed by atoms with Gasteiger partial charge in [-0.15, -0.1) is 12.3 Å². The molecule has 0 unspecified atom stereocenters. The monoisotopic (exact) mass is 175 g/mol. The lowest BCUT2D eigenvalue weighted by atomic mass is 10.2. The number of terminal acetylenes is 1. The predicted octanol–water partition coefficient (Wildman–Crippen LogP) is 1.55. The number of hydrogen-bond acceptors (Lipinski definition) is 2. The van der Waals surface area contributed by atoms with Crippen LogP contribution in [-0.4, -0.2) is 6.61 Å². The summed E-state index contributed by atoms with van der Waals surface area (Å²) in [6.07, 6.45) is 5.73. The first kappa shape index (κ1) is 9.63. The summed E-state index contributed by atoms with van der Waals surface area (Å²) in [6, 6.07) is 7.72. The second-order valence-corrected chi connectivity index (χ2v) is 2.65. The Morgan fingerprint density at radius 3 is 3.00 bits per heavy atom. The van der Waals surface area contributed by atoms with Crippen LogP contribution in [0.4, 0.5) is 0 Å². The third kappa shape index (κ3) is 3.18. The van der Waals surface area contributed by atoms with E-state index in [-0.39, 0.29) is 0 Å². The van der Waals surface area contributed by atoms with Crippen LogP contribution in [0.1, 0.15) is 12.0 Å². The van der Waals surface area contributed by atoms with Gasteiger partial charge in [0.05, 0.1) is 6.61 Å². The molecule has 0 radical (unpaired) electrons. The van der Waals surface area contributed by atoms with Crippen molar-refractivity contribution >= 4 is 0 Å². The van der Waals surface area contributed by atoms with Crippen molar-refractivity contribution in [2.75, 3.05) is 6.61 Å². The third-order valence-corrected chi connectivity index (χ3v) is 1.65. The number of hydrogen-bond donors (Lipinski definition) is 1. The van der Waals surface area contributed by atoms with E-state index in [0.29, 0.717) is 19.6 Å². The molecule has 0 aliphatic carbocycles. The minimum Gasteiger partial charge on any atom is -0.493 e. The van der Waals surface area contributed by atoms with Gasteiger partial charge < -0.3 is 10.5 Å². The van der Waals surface area contributed by atoms with Crippen molar-refractivity contribution in [3.8, 4) is 18.1 Å². The molecule has 1 aromatic carbocycles. The Balaban J connectivity index is 2.52. The average Bonchev–Trinajstić information content (AvgIpc) is 2.19. The van der Waals surface area contributed by atoms with Crippen molar-refractivity contribution in [2.45, 2.75) is 13.0 Å². The van der Waals surface area contributed by atoms with Crippen molar-refractivity contribution in [1.29, 1.82) is 0 Å². The Labute approximate surface area is 78.7 Å². The maximum Gasteiger partial charge on any atom is 0.119 e. The second-order valence-electron chi connectivity index (χ2n) is 2.65. The van der Waals surface area contributed by atoms with Gasteiger partial charge in [-0.05, 0) is 17.7 Å². The normalized spacial score (nSPS) is 9.23. The molecule has 0 aliphatic rings. The summed E-state index contributed by atoms with van der Waals surface area (Å²) < 4.78 is 5.39. The molecule has 1 aromatic rings. The third-order valence-electron chi connectivity index (χ3n) is 1.65. The van der Waals surface area contributed by atoms with Crippen LogP contribution in [0.3, 0.4) is 0 Å². The highest BCUT2D eigenvalue weighted by atomic mass is 16.5. The van der Waals surface area contributed by atoms with Crippen LogP contribution in [0.25, 0.3) is 0 Å². The fraction of sp³-hybridized carbons (Fsp3) is 0.273. The molecule has 68 valence electrons. The van der Waals surface area contributed by atoms with Gasteiger partial charge in [-0.3, -0.25) is 0 Å². The maximum absolute atomic E-state index is 5.49. The quantitative estimate of drug-likeness (QED) is 0.556. The molecule has 0 atom stereocenters. The molecule has 0 aromatic heterocycles. The molecular formula is C11H13NO. The minimum atomic E-state index is 0.534. The number of benzene rings is 1. The van der Waals surface area contributed by atoms with Crippen molar-refractivity contribution < 1.29 is 4.74 Å². The van der Waals surface area contributed by atoms with Crippen molar-refractivity contribution in [3.63, 3.8) is 0 Å². The zero-order chi connectivity index (χ0) is 9.52. The highest BCUT2D eigenvalue weighted by Crippen LogP contribution is 2.12. The van der Waals surface area contributed by atoms with E-state index < -0.39 is 0 Å². The van der Waals surface area contributed by atoms with Crippen LogP contribution < -0.4 is 10.5 Å². The van der Waals surface area contributed by atoms with Crippen molar-refractivity contribution in [2.24, 2.45) is 5.73 Å². The summed E-state index contributed by atoms with van der Waals surface area (Å²) in [5, 5.41) is 0. The molecule has 0 amide bonds. The molecule has 0 bridgehead atoms. The lowest BCUT2D eigenvalue weighted by Crippen LogP contribution is -1.99. The predicted molar refractivity (Wildman–Crippen MR) is 53.3 cm³/mol. The molecule has 13 heavy (non-hydrogen) atoms. The number of ether oxygens (including phenoxy) is 1. The largest absolute Gasteiger partial charge is 0.493 e. The van der Waals surface area contributed by atoms with E-state index in [1.54, 1.807) is 0 Å². The zero-order valence-corrected chi connectivity index (χ0v) is 7.49. The lowest BCUT2D eigenvalue weighted by molar-refractivity contribution is 0.327. The SMILES string of the molecule is C#CCCOc1cccc(CN)c1. The minimum absolute atomic E-state index is 0.534. The topological polar surface area (TPSA) is 35.2 Å². The van der Waals surface area contributed by atoms with Crippen LogP contribution in [0.5, 0.6) is 5.75 Å². The fourth-order valence-electron chi connectivity index (χ4n) is 0.990. The van der Waals surface area contributed by atoms with Gasteiger partial charge in [0, 0.05) is 13.0 Å². The Morgan fingerprint density at radius 1 is 1.46 bits per heavy atom. The van der Waals surface area contributed by atoms with E-state index in [9.17, 15) is 0 Å². The Morgan fingerprint density at radius 2 is 2.31 bits per heavy atom. The van der Waals surface area contributed by atoms with Gasteiger partial charge in [0.2, 0.25) is 0 Å². The first-order valence-electron chi connectivity index (χ1n) is 4.22. The van der Waals surface area contributed by atoms with Crippen LogP contribution in [-0.2, 0) is 6.54 Å². The summed E-state index contributed by atoms with van der Waals surface area (Å²) in [5.74, 6) is 3.35. The Bertz CT molecular complexity index is 301.